The van der Waals surface area contributed by atoms with Crippen molar-refractivity contribution in [3.05, 3.63) is 85.7 Å². The molecule has 4 N–H and O–H groups in total. The molecule has 2 aliphatic rings. The number of nitrogens with zero attached hydrogens (tertiary/aromatic N) is 2. The fraction of sp³-hybridized carbons (Fsp3) is 0.241. The number of hydrogen-bond donors (Lipinski definition) is 4. The highest BCUT2D eigenvalue weighted by Crippen LogP contribution is 2.41. The van der Waals surface area contributed by atoms with Crippen LogP contribution in [0.3, 0.4) is 0 Å². The number of carboxylic acids is 1. The summed E-state index contributed by atoms with van der Waals surface area (Å²) in [6, 6.07) is 9.45. The van der Waals surface area contributed by atoms with Crippen molar-refractivity contribution in [3.63, 3.8) is 0 Å². The number of hydrogen-bond acceptors (Lipinski definition) is 12. The molecule has 0 bridgehead atoms. The van der Waals surface area contributed by atoms with Crippen LogP contribution in [0.15, 0.2) is 73.3 Å². The maximum absolute atomic E-state index is 13.4. The van der Waals surface area contributed by atoms with Crippen LogP contribution in [0.1, 0.15) is 11.6 Å². The lowest BCUT2D eigenvalue weighted by atomic mass is 10.0. The molecular formula is C29H24ClN5O12S. The van der Waals surface area contributed by atoms with E-state index in [2.05, 4.69) is 20.7 Å². The first kappa shape index (κ1) is 33.7. The molecule has 2 aliphatic heterocycles. The molecule has 0 radical (unpaired) electrons. The van der Waals surface area contributed by atoms with E-state index >= 15 is 0 Å². The van der Waals surface area contributed by atoms with Gasteiger partial charge in [-0.2, -0.15) is 0 Å². The Kier molecular flexibility index (Phi) is 9.85. The number of thioether (sulfide) groups is 1. The highest BCUT2D eigenvalue weighted by molar-refractivity contribution is 8.00. The molecule has 2 aromatic carbocycles. The minimum Gasteiger partial charge on any atom is -0.477 e. The third kappa shape index (κ3) is 6.74. The van der Waals surface area contributed by atoms with E-state index in [9.17, 15) is 43.5 Å². The number of carbonyl (C=O) groups is 6. The van der Waals surface area contributed by atoms with Gasteiger partial charge in [-0.15, -0.1) is 11.8 Å². The molecule has 1 aromatic heterocycles. The van der Waals surface area contributed by atoms with Crippen LogP contribution in [0.2, 0.25) is 0 Å². The maximum Gasteiger partial charge on any atom is 0.513 e. The summed E-state index contributed by atoms with van der Waals surface area (Å²) >= 11 is 7.16. The number of methoxy groups -OCH3 is 1. The number of aliphatic carboxylic acids is 1. The molecule has 3 aromatic rings. The van der Waals surface area contributed by atoms with Crippen LogP contribution in [0.5, 0.6) is 5.75 Å². The van der Waals surface area contributed by atoms with Gasteiger partial charge < -0.3 is 34.9 Å². The quantitative estimate of drug-likeness (QED) is 0.124. The zero-order chi connectivity index (χ0) is 34.7. The zero-order valence-electron chi connectivity index (χ0n) is 24.6. The molecule has 5 rings (SSSR count). The van der Waals surface area contributed by atoms with E-state index in [1.54, 1.807) is 30.3 Å². The molecule has 17 nitrogen and oxygen atoms in total. The summed E-state index contributed by atoms with van der Waals surface area (Å²) in [5.41, 5.74) is -1.31. The van der Waals surface area contributed by atoms with Crippen molar-refractivity contribution in [2.24, 2.45) is 0 Å². The minimum atomic E-state index is -1.38. The highest BCUT2D eigenvalue weighted by Gasteiger charge is 2.54. The highest BCUT2D eigenvalue weighted by atomic mass is 35.5. The number of carboxylic acid groups (broad SMARTS) is 1. The van der Waals surface area contributed by atoms with E-state index in [4.69, 9.17) is 20.8 Å². The van der Waals surface area contributed by atoms with Gasteiger partial charge in [0.2, 0.25) is 17.7 Å². The summed E-state index contributed by atoms with van der Waals surface area (Å²) < 4.78 is 14.9. The lowest BCUT2D eigenvalue weighted by molar-refractivity contribution is -0.151. The second-order valence-electron chi connectivity index (χ2n) is 10.1. The normalized spacial score (nSPS) is 17.5. The topological polar surface area (TPSA) is 233 Å². The first-order valence-corrected chi connectivity index (χ1v) is 15.2. The zero-order valence-corrected chi connectivity index (χ0v) is 26.2. The third-order valence-corrected chi connectivity index (χ3v) is 8.85. The van der Waals surface area contributed by atoms with Gasteiger partial charge in [0.1, 0.15) is 29.7 Å². The van der Waals surface area contributed by atoms with Crippen molar-refractivity contribution < 1.29 is 47.8 Å². The van der Waals surface area contributed by atoms with Gasteiger partial charge in [-0.3, -0.25) is 28.9 Å². The van der Waals surface area contributed by atoms with Crippen LogP contribution in [-0.4, -0.2) is 81.2 Å². The molecule has 4 amide bonds. The summed E-state index contributed by atoms with van der Waals surface area (Å²) in [6.45, 7) is -1.52. The van der Waals surface area contributed by atoms with E-state index < -0.39 is 77.6 Å². The van der Waals surface area contributed by atoms with Gasteiger partial charge in [0.25, 0.3) is 11.5 Å². The molecule has 0 aliphatic carbocycles. The van der Waals surface area contributed by atoms with Crippen molar-refractivity contribution in [1.29, 1.82) is 0 Å². The fourth-order valence-corrected chi connectivity index (χ4v) is 6.41. The molecule has 3 atom stereocenters. The Morgan fingerprint density at radius 2 is 1.79 bits per heavy atom. The van der Waals surface area contributed by atoms with Crippen LogP contribution in [0.25, 0.3) is 11.0 Å². The van der Waals surface area contributed by atoms with Crippen molar-refractivity contribution in [1.82, 2.24) is 25.4 Å². The first-order valence-electron chi connectivity index (χ1n) is 13.8. The summed E-state index contributed by atoms with van der Waals surface area (Å²) in [5, 5.41) is 15.8. The van der Waals surface area contributed by atoms with Gasteiger partial charge in [-0.25, -0.2) is 19.0 Å². The summed E-state index contributed by atoms with van der Waals surface area (Å²) in [5.74, 6) is -6.03. The Bertz CT molecular complexity index is 2000. The fourth-order valence-electron chi connectivity index (χ4n) is 4.86. The monoisotopic (exact) mass is 701 g/mol. The van der Waals surface area contributed by atoms with Crippen LogP contribution >= 0.6 is 23.4 Å². The number of benzene rings is 2. The summed E-state index contributed by atoms with van der Waals surface area (Å²) in [7, 11) is 1.06. The van der Waals surface area contributed by atoms with E-state index in [0.717, 1.165) is 23.8 Å². The van der Waals surface area contributed by atoms with E-state index in [1.807, 2.05) is 0 Å². The number of aromatic nitrogens is 1. The second-order valence-corrected chi connectivity index (χ2v) is 11.7. The predicted octanol–water partition coefficient (Wildman–Crippen LogP) is 0.00850. The third-order valence-electron chi connectivity index (χ3n) is 7.09. The van der Waals surface area contributed by atoms with Crippen molar-refractivity contribution in [2.75, 3.05) is 19.4 Å². The number of para-hydroxylation sites is 1. The predicted molar refractivity (Wildman–Crippen MR) is 166 cm³/mol. The van der Waals surface area contributed by atoms with Gasteiger partial charge >= 0.3 is 17.9 Å². The molecular weight excluding hydrogens is 678 g/mol. The van der Waals surface area contributed by atoms with E-state index in [1.165, 1.54) is 18.2 Å². The average molecular weight is 702 g/mol. The molecule has 1 saturated heterocycles. The number of halogens is 1. The van der Waals surface area contributed by atoms with Gasteiger partial charge in [-0.05, 0) is 17.7 Å². The van der Waals surface area contributed by atoms with Crippen molar-refractivity contribution in [2.45, 2.75) is 24.0 Å². The SMILES string of the molecule is COC(=O)Oc1cccc2c(=O)n(CC(=O)NCC(=O)N[C@@H](C(=O)N[C@@H]3C(=O)N4C(C(=O)O)=C(Cl)CS[C@H]34)c3ccccc3)c(=O)oc12. The molecule has 1 fully saturated rings. The Morgan fingerprint density at radius 3 is 2.48 bits per heavy atom. The Labute approximate surface area is 277 Å². The number of β-lactam (4-membered cyclic amide) rings is 1. The van der Waals surface area contributed by atoms with Gasteiger partial charge in [-0.1, -0.05) is 48.0 Å². The lowest BCUT2D eigenvalue weighted by Crippen LogP contribution is -2.71. The number of rotatable bonds is 10. The van der Waals surface area contributed by atoms with E-state index in [-0.39, 0.29) is 33.2 Å². The number of amides is 4. The number of fused-ring (bicyclic) bond motifs is 2. The Morgan fingerprint density at radius 1 is 1.06 bits per heavy atom. The minimum absolute atomic E-state index is 0.0101. The smallest absolute Gasteiger partial charge is 0.477 e. The van der Waals surface area contributed by atoms with Crippen molar-refractivity contribution >= 4 is 70.1 Å². The molecule has 3 heterocycles. The Balaban J connectivity index is 1.24. The van der Waals surface area contributed by atoms with Gasteiger partial charge in [0, 0.05) is 5.75 Å². The van der Waals surface area contributed by atoms with Crippen molar-refractivity contribution in [3.8, 4) is 5.75 Å². The van der Waals surface area contributed by atoms with E-state index in [0.29, 0.717) is 10.1 Å². The second kappa shape index (κ2) is 14.0. The van der Waals surface area contributed by atoms with Crippen LogP contribution < -0.4 is 32.0 Å². The van der Waals surface area contributed by atoms with Gasteiger partial charge in [0.15, 0.2) is 11.3 Å². The summed E-state index contributed by atoms with van der Waals surface area (Å²) in [4.78, 5) is 101. The number of ether oxygens (including phenoxy) is 2. The maximum atomic E-state index is 13.4. The molecule has 19 heteroatoms. The number of nitrogens with one attached hydrogen (secondary N) is 3. The van der Waals surface area contributed by atoms with Crippen LogP contribution in [0.4, 0.5) is 4.79 Å². The molecule has 0 saturated carbocycles. The summed E-state index contributed by atoms with van der Waals surface area (Å²) in [6.07, 6.45) is -1.12. The molecule has 0 unspecified atom stereocenters. The Hall–Kier alpha value is -5.62. The van der Waals surface area contributed by atoms with Crippen LogP contribution in [0, 0.1) is 0 Å². The average Bonchev–Trinajstić information content (AvgIpc) is 3.07. The first-order chi connectivity index (χ1) is 22.9. The standard InChI is InChI=1S/C29H24ClN5O12S/c1-45-29(44)46-16-9-5-8-14-22(16)47-28(43)34(24(14)39)11-18(37)31-10-17(36)32-19(13-6-3-2-4-7-13)23(38)33-20-25(40)35-21(27(41)42)15(30)12-48-26(20)35/h2-9,19-20,26H,10-12H2,1H3,(H,31,37)(H,32,36)(H,33,38)(H,41,42)/t19-,20-,26-/m1/s1. The van der Waals surface area contributed by atoms with Gasteiger partial charge in [0.05, 0.1) is 24.1 Å². The largest absolute Gasteiger partial charge is 0.513 e. The van der Waals surface area contributed by atoms with Crippen LogP contribution in [-0.2, 0) is 35.3 Å². The molecule has 48 heavy (non-hydrogen) atoms. The lowest BCUT2D eigenvalue weighted by Gasteiger charge is -2.49. The molecule has 250 valence electrons. The molecule has 0 spiro atoms. The number of carbonyl (C=O) groups excluding carboxylic acids is 5.